The third-order valence-electron chi connectivity index (χ3n) is 2.66. The van der Waals surface area contributed by atoms with E-state index in [2.05, 4.69) is 9.97 Å². The van der Waals surface area contributed by atoms with Crippen LogP contribution in [-0.4, -0.2) is 14.9 Å². The van der Waals surface area contributed by atoms with Crippen LogP contribution in [0, 0.1) is 10.1 Å². The summed E-state index contributed by atoms with van der Waals surface area (Å²) in [4.78, 5) is 28.9. The van der Waals surface area contributed by atoms with Crippen molar-refractivity contribution in [3.05, 3.63) is 56.5 Å². The molecule has 0 saturated carbocycles. The van der Waals surface area contributed by atoms with Gasteiger partial charge in [-0.05, 0) is 12.5 Å². The van der Waals surface area contributed by atoms with Crippen molar-refractivity contribution >= 4 is 5.69 Å². The van der Waals surface area contributed by atoms with Gasteiger partial charge in [-0.1, -0.05) is 25.5 Å². The number of aryl methyl sites for hydroxylation is 1. The van der Waals surface area contributed by atoms with Crippen LogP contribution >= 0.6 is 0 Å². The van der Waals surface area contributed by atoms with Crippen LogP contribution in [0.15, 0.2) is 35.1 Å². The van der Waals surface area contributed by atoms with Crippen molar-refractivity contribution in [3.8, 4) is 11.4 Å². The largest absolute Gasteiger partial charge is 0.306 e. The number of nitro benzene ring substituents is 1. The quantitative estimate of drug-likeness (QED) is 0.673. The van der Waals surface area contributed by atoms with Gasteiger partial charge in [-0.15, -0.1) is 0 Å². The van der Waals surface area contributed by atoms with E-state index in [4.69, 9.17) is 0 Å². The molecule has 2 rings (SSSR count). The number of hydrogen-bond donors (Lipinski definition) is 1. The predicted octanol–water partition coefficient (Wildman–Crippen LogP) is 2.30. The molecule has 0 unspecified atom stereocenters. The Kier molecular flexibility index (Phi) is 3.70. The number of para-hydroxylation sites is 1. The molecule has 1 N–H and O–H groups in total. The summed E-state index contributed by atoms with van der Waals surface area (Å²) in [6.07, 6.45) is 1.52. The molecular formula is C13H13N3O3. The van der Waals surface area contributed by atoms with Crippen LogP contribution in [0.25, 0.3) is 11.4 Å². The van der Waals surface area contributed by atoms with Gasteiger partial charge in [-0.3, -0.25) is 14.9 Å². The number of rotatable bonds is 4. The molecule has 1 aromatic carbocycles. The smallest absolute Gasteiger partial charge is 0.280 e. The Morgan fingerprint density at radius 2 is 2.11 bits per heavy atom. The first-order valence-corrected chi connectivity index (χ1v) is 5.96. The summed E-state index contributed by atoms with van der Waals surface area (Å²) in [5.74, 6) is 0.239. The Hall–Kier alpha value is -2.50. The van der Waals surface area contributed by atoms with Crippen molar-refractivity contribution < 1.29 is 4.92 Å². The zero-order chi connectivity index (χ0) is 13.8. The van der Waals surface area contributed by atoms with Gasteiger partial charge in [0, 0.05) is 17.8 Å². The van der Waals surface area contributed by atoms with Gasteiger partial charge in [0.05, 0.1) is 10.5 Å². The van der Waals surface area contributed by atoms with E-state index in [1.54, 1.807) is 18.2 Å². The summed E-state index contributed by atoms with van der Waals surface area (Å²) in [7, 11) is 0. The highest BCUT2D eigenvalue weighted by Crippen LogP contribution is 2.26. The van der Waals surface area contributed by atoms with Crippen LogP contribution in [0.2, 0.25) is 0 Å². The molecule has 0 aliphatic heterocycles. The number of benzene rings is 1. The fourth-order valence-corrected chi connectivity index (χ4v) is 1.85. The van der Waals surface area contributed by atoms with E-state index >= 15 is 0 Å². The van der Waals surface area contributed by atoms with E-state index in [1.165, 1.54) is 12.1 Å². The molecule has 19 heavy (non-hydrogen) atoms. The van der Waals surface area contributed by atoms with E-state index in [9.17, 15) is 14.9 Å². The molecule has 0 fully saturated rings. The van der Waals surface area contributed by atoms with Gasteiger partial charge >= 0.3 is 0 Å². The third-order valence-corrected chi connectivity index (χ3v) is 2.66. The van der Waals surface area contributed by atoms with Crippen LogP contribution in [0.4, 0.5) is 5.69 Å². The van der Waals surface area contributed by atoms with Crippen LogP contribution in [-0.2, 0) is 6.42 Å². The van der Waals surface area contributed by atoms with E-state index in [0.717, 1.165) is 6.42 Å². The van der Waals surface area contributed by atoms with Gasteiger partial charge < -0.3 is 4.98 Å². The van der Waals surface area contributed by atoms with Crippen molar-refractivity contribution in [2.24, 2.45) is 0 Å². The van der Waals surface area contributed by atoms with Gasteiger partial charge in [0.25, 0.3) is 11.2 Å². The van der Waals surface area contributed by atoms with Gasteiger partial charge in [0.15, 0.2) is 0 Å². The normalized spacial score (nSPS) is 10.4. The number of nitro groups is 1. The molecule has 0 aliphatic carbocycles. The third kappa shape index (κ3) is 2.85. The van der Waals surface area contributed by atoms with Crippen LogP contribution in [0.5, 0.6) is 0 Å². The molecular weight excluding hydrogens is 246 g/mol. The first kappa shape index (κ1) is 12.9. The SMILES string of the molecule is CCCc1cc(=O)[nH]c(-c2ccccc2[N+](=O)[O-])n1. The molecule has 6 nitrogen and oxygen atoms in total. The lowest BCUT2D eigenvalue weighted by molar-refractivity contribution is -0.384. The van der Waals surface area contributed by atoms with Crippen LogP contribution in [0.1, 0.15) is 19.0 Å². The lowest BCUT2D eigenvalue weighted by Crippen LogP contribution is -2.11. The van der Waals surface area contributed by atoms with E-state index in [1.807, 2.05) is 6.92 Å². The van der Waals surface area contributed by atoms with Crippen molar-refractivity contribution in [3.63, 3.8) is 0 Å². The first-order chi connectivity index (χ1) is 9.11. The molecule has 1 aromatic heterocycles. The highest BCUT2D eigenvalue weighted by molar-refractivity contribution is 5.67. The molecule has 0 atom stereocenters. The monoisotopic (exact) mass is 259 g/mol. The summed E-state index contributed by atoms with van der Waals surface area (Å²) >= 11 is 0. The van der Waals surface area contributed by atoms with E-state index in [-0.39, 0.29) is 17.1 Å². The second-order valence-corrected chi connectivity index (χ2v) is 4.11. The minimum atomic E-state index is -0.484. The first-order valence-electron chi connectivity index (χ1n) is 5.96. The lowest BCUT2D eigenvalue weighted by Gasteiger charge is -2.04. The highest BCUT2D eigenvalue weighted by Gasteiger charge is 2.16. The summed E-state index contributed by atoms with van der Waals surface area (Å²) < 4.78 is 0. The fraction of sp³-hybridized carbons (Fsp3) is 0.231. The Bertz CT molecular complexity index is 664. The van der Waals surface area contributed by atoms with E-state index < -0.39 is 4.92 Å². The average Bonchev–Trinajstić information content (AvgIpc) is 2.38. The topological polar surface area (TPSA) is 88.9 Å². The Morgan fingerprint density at radius 3 is 2.79 bits per heavy atom. The molecule has 0 spiro atoms. The van der Waals surface area contributed by atoms with Crippen molar-refractivity contribution in [1.82, 2.24) is 9.97 Å². The van der Waals surface area contributed by atoms with Gasteiger partial charge in [-0.25, -0.2) is 4.98 Å². The molecule has 0 bridgehead atoms. The second kappa shape index (κ2) is 5.43. The molecule has 0 amide bonds. The average molecular weight is 259 g/mol. The van der Waals surface area contributed by atoms with Gasteiger partial charge in [-0.2, -0.15) is 0 Å². The second-order valence-electron chi connectivity index (χ2n) is 4.11. The number of H-pyrrole nitrogens is 1. The molecule has 98 valence electrons. The molecule has 0 radical (unpaired) electrons. The maximum Gasteiger partial charge on any atom is 0.280 e. The van der Waals surface area contributed by atoms with Crippen molar-refractivity contribution in [2.75, 3.05) is 0 Å². The molecule has 2 aromatic rings. The standard InChI is InChI=1S/C13H13N3O3/c1-2-5-9-8-12(17)15-13(14-9)10-6-3-4-7-11(10)16(18)19/h3-4,6-8H,2,5H2,1H3,(H,14,15,17). The fourth-order valence-electron chi connectivity index (χ4n) is 1.85. The highest BCUT2D eigenvalue weighted by atomic mass is 16.6. The molecule has 1 heterocycles. The number of aromatic nitrogens is 2. The maximum absolute atomic E-state index is 11.6. The van der Waals surface area contributed by atoms with Crippen LogP contribution < -0.4 is 5.56 Å². The predicted molar refractivity (Wildman–Crippen MR) is 70.9 cm³/mol. The van der Waals surface area contributed by atoms with Crippen molar-refractivity contribution in [1.29, 1.82) is 0 Å². The van der Waals surface area contributed by atoms with Gasteiger partial charge in [0.2, 0.25) is 0 Å². The number of nitrogens with zero attached hydrogens (tertiary/aromatic N) is 2. The summed E-state index contributed by atoms with van der Waals surface area (Å²) in [6, 6.07) is 7.64. The lowest BCUT2D eigenvalue weighted by atomic mass is 10.1. The Labute approximate surface area is 109 Å². The van der Waals surface area contributed by atoms with Gasteiger partial charge in [0.1, 0.15) is 5.82 Å². The maximum atomic E-state index is 11.6. The number of hydrogen-bond acceptors (Lipinski definition) is 4. The zero-order valence-corrected chi connectivity index (χ0v) is 10.4. The summed E-state index contributed by atoms with van der Waals surface area (Å²) in [5.41, 5.74) is 0.591. The summed E-state index contributed by atoms with van der Waals surface area (Å²) in [6.45, 7) is 1.98. The van der Waals surface area contributed by atoms with Crippen molar-refractivity contribution in [2.45, 2.75) is 19.8 Å². The Balaban J connectivity index is 2.59. The minimum Gasteiger partial charge on any atom is -0.306 e. The molecule has 0 aliphatic rings. The van der Waals surface area contributed by atoms with Crippen LogP contribution in [0.3, 0.4) is 0 Å². The number of nitrogens with one attached hydrogen (secondary N) is 1. The summed E-state index contributed by atoms with van der Waals surface area (Å²) in [5, 5.41) is 11.0. The minimum absolute atomic E-state index is 0.0701. The number of aromatic amines is 1. The Morgan fingerprint density at radius 1 is 1.37 bits per heavy atom. The molecule has 0 saturated heterocycles. The molecule has 6 heteroatoms. The zero-order valence-electron chi connectivity index (χ0n) is 10.4. The van der Waals surface area contributed by atoms with E-state index in [0.29, 0.717) is 17.7 Å².